The van der Waals surface area contributed by atoms with Crippen molar-refractivity contribution in [2.45, 2.75) is 70.1 Å². The molecule has 0 heterocycles. The van der Waals surface area contributed by atoms with Crippen molar-refractivity contribution in [3.63, 3.8) is 0 Å². The fourth-order valence-electron chi connectivity index (χ4n) is 8.47. The zero-order valence-corrected chi connectivity index (χ0v) is 25.3. The normalized spacial score (nSPS) is 42.3. The lowest BCUT2D eigenvalue weighted by Crippen LogP contribution is -2.71. The van der Waals surface area contributed by atoms with Crippen molar-refractivity contribution >= 4 is 45.9 Å². The second-order valence-corrected chi connectivity index (χ2v) is 14.2. The van der Waals surface area contributed by atoms with Crippen LogP contribution in [0.4, 0.5) is 8.78 Å². The van der Waals surface area contributed by atoms with Gasteiger partial charge < -0.3 is 5.11 Å². The number of rotatable bonds is 6. The molecule has 9 atom stereocenters. The predicted molar refractivity (Wildman–Crippen MR) is 153 cm³/mol. The minimum absolute atomic E-state index is 0.00887. The Morgan fingerprint density at radius 2 is 1.90 bits per heavy atom. The lowest BCUT2D eigenvalue weighted by atomic mass is 9.44. The largest absolute Gasteiger partial charge is 0.390 e. The van der Waals surface area contributed by atoms with Gasteiger partial charge in [0, 0.05) is 35.4 Å². The average molecular weight is 615 g/mol. The van der Waals surface area contributed by atoms with Crippen molar-refractivity contribution in [1.82, 2.24) is 5.06 Å². The van der Waals surface area contributed by atoms with E-state index in [0.29, 0.717) is 18.0 Å². The van der Waals surface area contributed by atoms with Gasteiger partial charge in [0.05, 0.1) is 11.3 Å². The van der Waals surface area contributed by atoms with Crippen LogP contribution in [0, 0.1) is 28.6 Å². The molecule has 4 aliphatic carbocycles. The first-order valence-corrected chi connectivity index (χ1v) is 15.5. The highest BCUT2D eigenvalue weighted by molar-refractivity contribution is 8.14. The van der Waals surface area contributed by atoms with E-state index in [9.17, 15) is 14.7 Å². The molecule has 10 heteroatoms. The van der Waals surface area contributed by atoms with Gasteiger partial charge in [0.15, 0.2) is 17.1 Å². The molecule has 1 aromatic carbocycles. The Labute approximate surface area is 248 Å². The molecule has 1 aromatic rings. The minimum atomic E-state index is -2.23. The summed E-state index contributed by atoms with van der Waals surface area (Å²) in [7, 11) is 1.73. The monoisotopic (exact) mass is 613 g/mol. The highest BCUT2D eigenvalue weighted by Gasteiger charge is 2.77. The summed E-state index contributed by atoms with van der Waals surface area (Å²) in [6.07, 6.45) is 0.947. The van der Waals surface area contributed by atoms with Gasteiger partial charge in [0.1, 0.15) is 6.17 Å². The first-order valence-electron chi connectivity index (χ1n) is 13.6. The van der Waals surface area contributed by atoms with Crippen molar-refractivity contribution in [3.05, 3.63) is 58.7 Å². The third-order valence-electron chi connectivity index (χ3n) is 10.3. The van der Waals surface area contributed by atoms with E-state index in [4.69, 9.17) is 28.0 Å². The first kappa shape index (κ1) is 30.2. The van der Waals surface area contributed by atoms with Crippen molar-refractivity contribution in [3.8, 4) is 0 Å². The molecule has 3 saturated carbocycles. The van der Waals surface area contributed by atoms with Crippen molar-refractivity contribution in [1.29, 1.82) is 0 Å². The number of alkyl halides is 3. The molecule has 0 radical (unpaired) electrons. The number of aliphatic hydroxyl groups excluding tert-OH is 1. The predicted octanol–water partition coefficient (Wildman–Crippen LogP) is 6.46. The van der Waals surface area contributed by atoms with Crippen LogP contribution in [0.15, 0.2) is 48.1 Å². The minimum Gasteiger partial charge on any atom is -0.390 e. The smallest absolute Gasteiger partial charge is 0.224 e. The second-order valence-electron chi connectivity index (χ2n) is 12.3. The molecule has 0 aromatic heterocycles. The van der Waals surface area contributed by atoms with Crippen LogP contribution in [0.1, 0.15) is 45.6 Å². The number of allylic oxidation sites excluding steroid dienone is 4. The van der Waals surface area contributed by atoms with E-state index in [2.05, 4.69) is 0 Å². The number of fused-ring (bicyclic) bond motifs is 5. The van der Waals surface area contributed by atoms with Crippen LogP contribution in [0.5, 0.6) is 0 Å². The topological polar surface area (TPSA) is 66.8 Å². The summed E-state index contributed by atoms with van der Waals surface area (Å²) in [4.78, 5) is 32.8. The number of aliphatic hydroxyl groups is 1. The molecule has 0 spiro atoms. The fraction of sp³-hybridized carbons (Fsp3) is 0.600. The molecule has 4 unspecified atom stereocenters. The van der Waals surface area contributed by atoms with Crippen LogP contribution < -0.4 is 0 Å². The third kappa shape index (κ3) is 4.19. The van der Waals surface area contributed by atoms with Gasteiger partial charge in [0.2, 0.25) is 5.12 Å². The molecule has 4 aliphatic rings. The molecule has 40 heavy (non-hydrogen) atoms. The summed E-state index contributed by atoms with van der Waals surface area (Å²) < 4.78 is 33.4. The maximum absolute atomic E-state index is 17.6. The molecule has 0 bridgehead atoms. The van der Waals surface area contributed by atoms with Crippen LogP contribution >= 0.6 is 35.0 Å². The van der Waals surface area contributed by atoms with Gasteiger partial charge in [-0.1, -0.05) is 55.4 Å². The van der Waals surface area contributed by atoms with E-state index in [-0.39, 0.29) is 40.4 Å². The lowest BCUT2D eigenvalue weighted by Gasteiger charge is -2.63. The zero-order valence-electron chi connectivity index (χ0n) is 23.0. The summed E-state index contributed by atoms with van der Waals surface area (Å²) in [5.41, 5.74) is -5.19. The highest BCUT2D eigenvalue weighted by Crippen LogP contribution is 2.72. The van der Waals surface area contributed by atoms with Gasteiger partial charge in [-0.2, -0.15) is 5.06 Å². The number of halogens is 4. The van der Waals surface area contributed by atoms with Crippen LogP contribution in [-0.4, -0.2) is 56.9 Å². The van der Waals surface area contributed by atoms with Gasteiger partial charge in [-0.15, -0.1) is 11.6 Å². The third-order valence-corrected chi connectivity index (χ3v) is 11.5. The number of hydrogen-bond acceptors (Lipinski definition) is 6. The molecule has 0 amide bonds. The fourth-order valence-corrected chi connectivity index (χ4v) is 9.68. The maximum Gasteiger partial charge on any atom is 0.224 e. The molecular formula is C30H35Cl2F2NO4S. The number of hydroxylamine groups is 2. The molecule has 5 nitrogen and oxygen atoms in total. The number of hydrogen-bond donors (Lipinski definition) is 1. The molecule has 3 fully saturated rings. The second kappa shape index (κ2) is 10.5. The average Bonchev–Trinajstić information content (AvgIpc) is 3.10. The Hall–Kier alpha value is -1.29. The molecular weight excluding hydrogens is 579 g/mol. The summed E-state index contributed by atoms with van der Waals surface area (Å²) in [5, 5.41) is 13.6. The molecule has 218 valence electrons. The number of ketones is 1. The van der Waals surface area contributed by atoms with Crippen molar-refractivity contribution in [2.75, 3.05) is 12.3 Å². The van der Waals surface area contributed by atoms with Crippen LogP contribution in [-0.2, 0) is 21.0 Å². The Morgan fingerprint density at radius 3 is 2.55 bits per heavy atom. The quantitative estimate of drug-likeness (QED) is 0.293. The number of benzene rings is 1. The van der Waals surface area contributed by atoms with Crippen LogP contribution in [0.25, 0.3) is 0 Å². The summed E-state index contributed by atoms with van der Waals surface area (Å²) in [6.45, 7) is 5.69. The number of carbonyl (C=O) groups is 2. The van der Waals surface area contributed by atoms with Gasteiger partial charge in [-0.25, -0.2) is 8.78 Å². The Bertz CT molecular complexity index is 1260. The standard InChI is InChI=1S/C30H35Cl2F2NO4S/c1-17-11-21-22-13-24(33)23-12-20(36)9-10-27(23,2)29(22,34)25(37)14-28(21,3)30(17,26(38)40-16-31)39-35(4)15-18-5-7-19(32)8-6-18/h5-10,12,17,21-22,24-25,37H,11,13-16H2,1-4H3/t17-,21+,22?,24+,25?,27?,28?,29+,30+/m1/s1. The van der Waals surface area contributed by atoms with Gasteiger partial charge in [0.25, 0.3) is 0 Å². The van der Waals surface area contributed by atoms with E-state index in [0.717, 1.165) is 17.3 Å². The van der Waals surface area contributed by atoms with Gasteiger partial charge >= 0.3 is 0 Å². The van der Waals surface area contributed by atoms with E-state index >= 15 is 8.78 Å². The maximum atomic E-state index is 17.6. The SMILES string of the molecule is C[C@@H]1C[C@H]2C3C[C@H](F)C4=CC(=O)C=CC4(C)[C@@]3(F)C(O)CC2(C)[C@@]1(ON(C)Cc1ccc(Cl)cc1)C(=O)SCCl. The lowest BCUT2D eigenvalue weighted by molar-refractivity contribution is -0.291. The molecule has 5 rings (SSSR count). The van der Waals surface area contributed by atoms with E-state index in [1.807, 2.05) is 26.0 Å². The van der Waals surface area contributed by atoms with Crippen molar-refractivity contribution < 1.29 is 28.3 Å². The van der Waals surface area contributed by atoms with Crippen LogP contribution in [0.3, 0.4) is 0 Å². The van der Waals surface area contributed by atoms with E-state index in [1.165, 1.54) is 18.2 Å². The Balaban J connectivity index is 1.57. The summed E-state index contributed by atoms with van der Waals surface area (Å²) >= 11 is 13.0. The molecule has 1 N–H and O–H groups in total. The number of carbonyl (C=O) groups excluding carboxylic acids is 2. The van der Waals surface area contributed by atoms with Gasteiger partial charge in [-0.3, -0.25) is 14.4 Å². The highest BCUT2D eigenvalue weighted by atomic mass is 35.5. The van der Waals surface area contributed by atoms with Gasteiger partial charge in [-0.05, 0) is 73.4 Å². The van der Waals surface area contributed by atoms with E-state index < -0.39 is 46.2 Å². The first-order chi connectivity index (χ1) is 18.7. The molecule has 0 saturated heterocycles. The summed E-state index contributed by atoms with van der Waals surface area (Å²) in [6, 6.07) is 7.28. The van der Waals surface area contributed by atoms with E-state index in [1.54, 1.807) is 31.2 Å². The van der Waals surface area contributed by atoms with Crippen LogP contribution in [0.2, 0.25) is 5.02 Å². The zero-order chi connectivity index (χ0) is 29.3. The Morgan fingerprint density at radius 1 is 1.23 bits per heavy atom. The van der Waals surface area contributed by atoms with Crippen molar-refractivity contribution in [2.24, 2.45) is 28.6 Å². The Kier molecular flexibility index (Phi) is 7.89. The number of thioether (sulfide) groups is 1. The summed E-state index contributed by atoms with van der Waals surface area (Å²) in [5.74, 6) is -2.14. The molecule has 0 aliphatic heterocycles. The number of nitrogens with zero attached hydrogens (tertiary/aromatic N) is 1.